The molecule has 1 saturated heterocycles. The van der Waals surface area contributed by atoms with Crippen LogP contribution in [0, 0.1) is 19.8 Å². The number of benzene rings is 2. The summed E-state index contributed by atoms with van der Waals surface area (Å²) in [7, 11) is 1.91. The van der Waals surface area contributed by atoms with Crippen molar-refractivity contribution >= 4 is 17.5 Å². The first kappa shape index (κ1) is 20.5. The van der Waals surface area contributed by atoms with Crippen LogP contribution < -0.4 is 4.90 Å². The van der Waals surface area contributed by atoms with E-state index in [4.69, 9.17) is 0 Å². The van der Waals surface area contributed by atoms with Gasteiger partial charge in [0.05, 0.1) is 12.1 Å². The van der Waals surface area contributed by atoms with E-state index in [2.05, 4.69) is 30.2 Å². The average Bonchev–Trinajstić information content (AvgIpc) is 3.40. The van der Waals surface area contributed by atoms with Crippen molar-refractivity contribution in [1.82, 2.24) is 14.7 Å². The van der Waals surface area contributed by atoms with Gasteiger partial charge in [0, 0.05) is 50.9 Å². The van der Waals surface area contributed by atoms with Gasteiger partial charge in [-0.1, -0.05) is 30.3 Å². The summed E-state index contributed by atoms with van der Waals surface area (Å²) >= 11 is 0. The van der Waals surface area contributed by atoms with E-state index in [0.29, 0.717) is 19.6 Å². The Balaban J connectivity index is 1.38. The molecular weight excluding hydrogens is 400 g/mol. The Morgan fingerprint density at radius 2 is 1.88 bits per heavy atom. The van der Waals surface area contributed by atoms with Crippen molar-refractivity contribution < 1.29 is 9.59 Å². The Kier molecular flexibility index (Phi) is 5.08. The largest absolute Gasteiger partial charge is 0.337 e. The molecule has 0 bridgehead atoms. The highest BCUT2D eigenvalue weighted by molar-refractivity contribution is 6.00. The van der Waals surface area contributed by atoms with Gasteiger partial charge in [0.15, 0.2) is 0 Å². The second kappa shape index (κ2) is 7.93. The van der Waals surface area contributed by atoms with E-state index < -0.39 is 0 Å². The maximum absolute atomic E-state index is 13.6. The van der Waals surface area contributed by atoms with Crippen molar-refractivity contribution in [3.05, 3.63) is 82.7 Å². The summed E-state index contributed by atoms with van der Waals surface area (Å²) < 4.78 is 1.80. The molecule has 3 heterocycles. The average molecular weight is 429 g/mol. The van der Waals surface area contributed by atoms with Crippen LogP contribution >= 0.6 is 0 Å². The summed E-state index contributed by atoms with van der Waals surface area (Å²) in [5, 5.41) is 4.34. The Morgan fingerprint density at radius 3 is 2.62 bits per heavy atom. The lowest BCUT2D eigenvalue weighted by atomic mass is 9.85. The molecule has 0 spiro atoms. The van der Waals surface area contributed by atoms with Crippen LogP contribution in [0.2, 0.25) is 0 Å². The number of nitrogens with zero attached hydrogens (tertiary/aromatic N) is 4. The van der Waals surface area contributed by atoms with Crippen LogP contribution in [-0.4, -0.2) is 39.6 Å². The molecule has 2 atom stereocenters. The normalized spacial score (nSPS) is 20.5. The van der Waals surface area contributed by atoms with Crippen LogP contribution in [0.3, 0.4) is 0 Å². The van der Waals surface area contributed by atoms with E-state index in [1.807, 2.05) is 55.5 Å². The van der Waals surface area contributed by atoms with Gasteiger partial charge in [0.1, 0.15) is 0 Å². The zero-order valence-electron chi connectivity index (χ0n) is 18.8. The molecule has 0 radical (unpaired) electrons. The van der Waals surface area contributed by atoms with Crippen LogP contribution in [0.4, 0.5) is 5.69 Å². The van der Waals surface area contributed by atoms with Gasteiger partial charge in [0.2, 0.25) is 11.8 Å². The molecule has 2 aliphatic heterocycles. The number of amides is 2. The standard InChI is InChI=1S/C26H28N4O2/c1-17-8-9-22(10-18(17)2)30-15-20(11-25(30)31)26(32)29-14-19-6-4-5-7-23(19)24(16-29)21-12-27-28(3)13-21/h4-10,12-13,20,24H,11,14-16H2,1-3H3/t20-,24+/m1/s1. The van der Waals surface area contributed by atoms with Gasteiger partial charge in [0.25, 0.3) is 0 Å². The highest BCUT2D eigenvalue weighted by Gasteiger charge is 2.39. The minimum atomic E-state index is -0.316. The van der Waals surface area contributed by atoms with Crippen molar-refractivity contribution in [2.24, 2.45) is 13.0 Å². The highest BCUT2D eigenvalue weighted by atomic mass is 16.2. The van der Waals surface area contributed by atoms with E-state index in [1.165, 1.54) is 11.1 Å². The van der Waals surface area contributed by atoms with Gasteiger partial charge in [-0.3, -0.25) is 14.3 Å². The van der Waals surface area contributed by atoms with Crippen LogP contribution in [0.15, 0.2) is 54.9 Å². The first-order valence-corrected chi connectivity index (χ1v) is 11.1. The lowest BCUT2D eigenvalue weighted by molar-refractivity contribution is -0.136. The third-order valence-electron chi connectivity index (χ3n) is 6.91. The summed E-state index contributed by atoms with van der Waals surface area (Å²) in [6.45, 7) is 5.74. The molecule has 2 aromatic carbocycles. The third kappa shape index (κ3) is 3.60. The Bertz CT molecular complexity index is 1200. The zero-order chi connectivity index (χ0) is 22.4. The van der Waals surface area contributed by atoms with Gasteiger partial charge >= 0.3 is 0 Å². The number of aromatic nitrogens is 2. The topological polar surface area (TPSA) is 58.4 Å². The molecule has 0 aliphatic carbocycles. The van der Waals surface area contributed by atoms with Gasteiger partial charge < -0.3 is 9.80 Å². The SMILES string of the molecule is Cc1ccc(N2C[C@H](C(=O)N3Cc4ccccc4[C@H](c4cnn(C)c4)C3)CC2=O)cc1C. The molecular formula is C26H28N4O2. The van der Waals surface area contributed by atoms with Crippen LogP contribution in [0.25, 0.3) is 0 Å². The number of aryl methyl sites for hydroxylation is 3. The predicted molar refractivity (Wildman–Crippen MR) is 123 cm³/mol. The van der Waals surface area contributed by atoms with Crippen molar-refractivity contribution in [3.8, 4) is 0 Å². The summed E-state index contributed by atoms with van der Waals surface area (Å²) in [5.74, 6) is -0.143. The van der Waals surface area contributed by atoms with E-state index >= 15 is 0 Å². The maximum Gasteiger partial charge on any atom is 0.228 e. The smallest absolute Gasteiger partial charge is 0.228 e. The van der Waals surface area contributed by atoms with Crippen LogP contribution in [-0.2, 0) is 23.2 Å². The Labute approximate surface area is 188 Å². The fraction of sp³-hybridized carbons (Fsp3) is 0.346. The molecule has 6 heteroatoms. The van der Waals surface area contributed by atoms with Crippen molar-refractivity contribution in [1.29, 1.82) is 0 Å². The molecule has 164 valence electrons. The maximum atomic E-state index is 13.6. The minimum absolute atomic E-state index is 0.0211. The molecule has 0 saturated carbocycles. The number of anilines is 1. The number of fused-ring (bicyclic) bond motifs is 1. The van der Waals surface area contributed by atoms with Crippen LogP contribution in [0.1, 0.15) is 40.2 Å². The molecule has 3 aromatic rings. The molecule has 6 nitrogen and oxygen atoms in total. The Hall–Kier alpha value is -3.41. The summed E-state index contributed by atoms with van der Waals surface area (Å²) in [4.78, 5) is 30.1. The second-order valence-electron chi connectivity index (χ2n) is 9.09. The van der Waals surface area contributed by atoms with E-state index in [1.54, 1.807) is 9.58 Å². The minimum Gasteiger partial charge on any atom is -0.337 e. The number of hydrogen-bond acceptors (Lipinski definition) is 3. The quantitative estimate of drug-likeness (QED) is 0.641. The first-order valence-electron chi connectivity index (χ1n) is 11.1. The lowest BCUT2D eigenvalue weighted by Gasteiger charge is -2.35. The van der Waals surface area contributed by atoms with Crippen molar-refractivity contribution in [2.45, 2.75) is 32.7 Å². The lowest BCUT2D eigenvalue weighted by Crippen LogP contribution is -2.42. The predicted octanol–water partition coefficient (Wildman–Crippen LogP) is 3.56. The summed E-state index contributed by atoms with van der Waals surface area (Å²) in [6.07, 6.45) is 4.17. The number of rotatable bonds is 3. The van der Waals surface area contributed by atoms with Crippen molar-refractivity contribution in [2.75, 3.05) is 18.0 Å². The van der Waals surface area contributed by atoms with Crippen LogP contribution in [0.5, 0.6) is 0 Å². The van der Waals surface area contributed by atoms with Gasteiger partial charge in [-0.2, -0.15) is 5.10 Å². The number of carbonyl (C=O) groups is 2. The number of hydrogen-bond donors (Lipinski definition) is 0. The molecule has 32 heavy (non-hydrogen) atoms. The molecule has 1 aromatic heterocycles. The van der Waals surface area contributed by atoms with E-state index in [-0.39, 0.29) is 30.1 Å². The zero-order valence-corrected chi connectivity index (χ0v) is 18.8. The van der Waals surface area contributed by atoms with Crippen molar-refractivity contribution in [3.63, 3.8) is 0 Å². The van der Waals surface area contributed by atoms with E-state index in [0.717, 1.165) is 22.4 Å². The molecule has 2 amide bonds. The molecule has 5 rings (SSSR count). The molecule has 0 unspecified atom stereocenters. The van der Waals surface area contributed by atoms with Gasteiger partial charge in [-0.15, -0.1) is 0 Å². The molecule has 0 N–H and O–H groups in total. The van der Waals surface area contributed by atoms with Gasteiger partial charge in [-0.05, 0) is 53.8 Å². The monoisotopic (exact) mass is 428 g/mol. The first-order chi connectivity index (χ1) is 15.4. The Morgan fingerprint density at radius 1 is 1.06 bits per heavy atom. The van der Waals surface area contributed by atoms with Gasteiger partial charge in [-0.25, -0.2) is 0 Å². The highest BCUT2D eigenvalue weighted by Crippen LogP contribution is 2.35. The van der Waals surface area contributed by atoms with E-state index in [9.17, 15) is 9.59 Å². The fourth-order valence-electron chi connectivity index (χ4n) is 4.95. The second-order valence-corrected chi connectivity index (χ2v) is 9.09. The number of carbonyl (C=O) groups excluding carboxylic acids is 2. The fourth-order valence-corrected chi connectivity index (χ4v) is 4.95. The molecule has 1 fully saturated rings. The molecule has 2 aliphatic rings. The summed E-state index contributed by atoms with van der Waals surface area (Å²) in [5.41, 5.74) is 6.75. The summed E-state index contributed by atoms with van der Waals surface area (Å²) in [6, 6.07) is 14.4. The third-order valence-corrected chi connectivity index (χ3v) is 6.91.